The number of carboxylic acid groups (broad SMARTS) is 1. The topological polar surface area (TPSA) is 88.3 Å². The molecular formula is C11H9ClN4O3S. The summed E-state index contributed by atoms with van der Waals surface area (Å²) in [5.74, 6) is -1.23. The largest absolute Gasteiger partial charge is 0.476 e. The van der Waals surface area contributed by atoms with Crippen molar-refractivity contribution in [1.29, 1.82) is 0 Å². The van der Waals surface area contributed by atoms with Crippen molar-refractivity contribution in [2.45, 2.75) is 6.04 Å². The summed E-state index contributed by atoms with van der Waals surface area (Å²) in [4.78, 5) is 25.0. The standard InChI is InChI=1S/C11H9ClN4O3S/c12-7-1-2-20-9(7)10(17)15-3-6(4-15)16-5-8(11(18)19)13-14-16/h1-2,5-6H,3-4H2,(H,18,19). The van der Waals surface area contributed by atoms with Crippen LogP contribution in [0, 0.1) is 0 Å². The van der Waals surface area contributed by atoms with Crippen molar-refractivity contribution in [2.24, 2.45) is 0 Å². The minimum Gasteiger partial charge on any atom is -0.476 e. The number of carbonyl (C=O) groups is 2. The molecule has 7 nitrogen and oxygen atoms in total. The molecule has 2 aromatic rings. The summed E-state index contributed by atoms with van der Waals surface area (Å²) in [7, 11) is 0. The molecule has 20 heavy (non-hydrogen) atoms. The van der Waals surface area contributed by atoms with Gasteiger partial charge in [0.05, 0.1) is 17.3 Å². The van der Waals surface area contributed by atoms with Crippen LogP contribution in [0.15, 0.2) is 17.6 Å². The molecule has 1 N–H and O–H groups in total. The van der Waals surface area contributed by atoms with E-state index in [9.17, 15) is 9.59 Å². The molecular weight excluding hydrogens is 304 g/mol. The summed E-state index contributed by atoms with van der Waals surface area (Å²) in [6.45, 7) is 0.935. The zero-order valence-corrected chi connectivity index (χ0v) is 11.6. The van der Waals surface area contributed by atoms with E-state index >= 15 is 0 Å². The zero-order valence-electron chi connectivity index (χ0n) is 10.1. The Bertz CT molecular complexity index is 677. The lowest BCUT2D eigenvalue weighted by Crippen LogP contribution is -2.50. The molecule has 0 radical (unpaired) electrons. The molecule has 3 rings (SSSR count). The van der Waals surface area contributed by atoms with Gasteiger partial charge in [-0.1, -0.05) is 16.8 Å². The van der Waals surface area contributed by atoms with Crippen molar-refractivity contribution >= 4 is 34.8 Å². The molecule has 1 aliphatic rings. The molecule has 1 saturated heterocycles. The van der Waals surface area contributed by atoms with E-state index in [0.29, 0.717) is 23.0 Å². The minimum atomic E-state index is -1.12. The van der Waals surface area contributed by atoms with E-state index in [1.807, 2.05) is 0 Å². The van der Waals surface area contributed by atoms with Gasteiger partial charge in [-0.15, -0.1) is 16.4 Å². The molecule has 9 heteroatoms. The molecule has 104 valence electrons. The highest BCUT2D eigenvalue weighted by Gasteiger charge is 2.34. The second-order valence-corrected chi connectivity index (χ2v) is 5.67. The number of aromatic nitrogens is 3. The first kappa shape index (κ1) is 13.1. The van der Waals surface area contributed by atoms with Crippen molar-refractivity contribution in [1.82, 2.24) is 19.9 Å². The molecule has 0 spiro atoms. The van der Waals surface area contributed by atoms with Crippen LogP contribution in [-0.2, 0) is 0 Å². The first-order chi connectivity index (χ1) is 9.56. The van der Waals surface area contributed by atoms with E-state index < -0.39 is 5.97 Å². The van der Waals surface area contributed by atoms with Crippen molar-refractivity contribution in [2.75, 3.05) is 13.1 Å². The average molecular weight is 313 g/mol. The van der Waals surface area contributed by atoms with Crippen LogP contribution in [0.1, 0.15) is 26.2 Å². The molecule has 0 atom stereocenters. The lowest BCUT2D eigenvalue weighted by atomic mass is 10.1. The summed E-state index contributed by atoms with van der Waals surface area (Å²) in [6, 6.07) is 1.64. The van der Waals surface area contributed by atoms with Gasteiger partial charge in [0, 0.05) is 13.1 Å². The molecule has 1 aliphatic heterocycles. The first-order valence-corrected chi connectivity index (χ1v) is 6.99. The van der Waals surface area contributed by atoms with Crippen molar-refractivity contribution in [3.05, 3.63) is 33.2 Å². The maximum atomic E-state index is 12.1. The summed E-state index contributed by atoms with van der Waals surface area (Å²) in [5.41, 5.74) is -0.101. The van der Waals surface area contributed by atoms with Gasteiger partial charge in [-0.25, -0.2) is 9.48 Å². The normalized spacial score (nSPS) is 15.2. The third-order valence-corrected chi connectivity index (χ3v) is 4.39. The summed E-state index contributed by atoms with van der Waals surface area (Å²) >= 11 is 7.23. The van der Waals surface area contributed by atoms with Gasteiger partial charge in [0.25, 0.3) is 5.91 Å². The fraction of sp³-hybridized carbons (Fsp3) is 0.273. The highest BCUT2D eigenvalue weighted by molar-refractivity contribution is 7.12. The summed E-state index contributed by atoms with van der Waals surface area (Å²) in [6.07, 6.45) is 1.37. The Hall–Kier alpha value is -1.93. The van der Waals surface area contributed by atoms with Crippen molar-refractivity contribution in [3.63, 3.8) is 0 Å². The van der Waals surface area contributed by atoms with E-state index in [-0.39, 0.29) is 17.6 Å². The Morgan fingerprint density at radius 3 is 2.75 bits per heavy atom. The van der Waals surface area contributed by atoms with Gasteiger partial charge in [-0.2, -0.15) is 0 Å². The van der Waals surface area contributed by atoms with Gasteiger partial charge in [0.2, 0.25) is 0 Å². The number of likely N-dealkylation sites (tertiary alicyclic amines) is 1. The van der Waals surface area contributed by atoms with Crippen LogP contribution in [0.5, 0.6) is 0 Å². The smallest absolute Gasteiger partial charge is 0.358 e. The van der Waals surface area contributed by atoms with Gasteiger partial charge in [0.1, 0.15) is 4.88 Å². The van der Waals surface area contributed by atoms with Crippen LogP contribution in [0.25, 0.3) is 0 Å². The van der Waals surface area contributed by atoms with Gasteiger partial charge in [0.15, 0.2) is 5.69 Å². The fourth-order valence-corrected chi connectivity index (χ4v) is 3.03. The van der Waals surface area contributed by atoms with Crippen molar-refractivity contribution < 1.29 is 14.7 Å². The van der Waals surface area contributed by atoms with E-state index in [2.05, 4.69) is 10.3 Å². The zero-order chi connectivity index (χ0) is 14.3. The maximum absolute atomic E-state index is 12.1. The molecule has 3 heterocycles. The molecule has 1 fully saturated rings. The highest BCUT2D eigenvalue weighted by atomic mass is 35.5. The van der Waals surface area contributed by atoms with Gasteiger partial charge >= 0.3 is 5.97 Å². The predicted octanol–water partition coefficient (Wildman–Crippen LogP) is 1.39. The number of carbonyl (C=O) groups excluding carboxylic acids is 1. The number of hydrogen-bond donors (Lipinski definition) is 1. The molecule has 0 saturated carbocycles. The van der Waals surface area contributed by atoms with Crippen LogP contribution in [0.4, 0.5) is 0 Å². The monoisotopic (exact) mass is 312 g/mol. The number of halogens is 1. The maximum Gasteiger partial charge on any atom is 0.358 e. The number of thiophene rings is 1. The lowest BCUT2D eigenvalue weighted by molar-refractivity contribution is 0.0502. The quantitative estimate of drug-likeness (QED) is 0.925. The minimum absolute atomic E-state index is 0.0433. The second kappa shape index (κ2) is 4.88. The number of hydrogen-bond acceptors (Lipinski definition) is 5. The van der Waals surface area contributed by atoms with Gasteiger partial charge in [-0.05, 0) is 11.4 Å². The number of amides is 1. The van der Waals surface area contributed by atoms with E-state index in [1.165, 1.54) is 22.2 Å². The van der Waals surface area contributed by atoms with Crippen LogP contribution in [0.2, 0.25) is 5.02 Å². The Morgan fingerprint density at radius 2 is 2.20 bits per heavy atom. The Kier molecular flexibility index (Phi) is 3.19. The molecule has 1 amide bonds. The van der Waals surface area contributed by atoms with E-state index in [1.54, 1.807) is 16.3 Å². The third-order valence-electron chi connectivity index (χ3n) is 3.06. The number of aromatic carboxylic acids is 1. The van der Waals surface area contributed by atoms with E-state index in [4.69, 9.17) is 16.7 Å². The Balaban J connectivity index is 1.65. The van der Waals surface area contributed by atoms with Crippen molar-refractivity contribution in [3.8, 4) is 0 Å². The molecule has 0 aromatic carbocycles. The number of nitrogens with zero attached hydrogens (tertiary/aromatic N) is 4. The number of rotatable bonds is 3. The SMILES string of the molecule is O=C(O)c1cn(C2CN(C(=O)c3sccc3Cl)C2)nn1. The Morgan fingerprint density at radius 1 is 1.45 bits per heavy atom. The van der Waals surface area contributed by atoms with Crippen LogP contribution in [0.3, 0.4) is 0 Å². The second-order valence-electron chi connectivity index (χ2n) is 4.35. The van der Waals surface area contributed by atoms with Crippen LogP contribution >= 0.6 is 22.9 Å². The van der Waals surface area contributed by atoms with Crippen LogP contribution < -0.4 is 0 Å². The molecule has 2 aromatic heterocycles. The molecule has 0 bridgehead atoms. The third kappa shape index (κ3) is 2.16. The lowest BCUT2D eigenvalue weighted by Gasteiger charge is -2.38. The van der Waals surface area contributed by atoms with Crippen LogP contribution in [-0.4, -0.2) is 50.0 Å². The summed E-state index contributed by atoms with van der Waals surface area (Å²) in [5, 5.41) is 18.3. The van der Waals surface area contributed by atoms with E-state index in [0.717, 1.165) is 0 Å². The Labute approximate surface area is 122 Å². The average Bonchev–Trinajstić information content (AvgIpc) is 2.95. The van der Waals surface area contributed by atoms with Gasteiger partial charge < -0.3 is 10.0 Å². The fourth-order valence-electron chi connectivity index (χ4n) is 1.93. The highest BCUT2D eigenvalue weighted by Crippen LogP contribution is 2.28. The molecule has 0 unspecified atom stereocenters. The summed E-state index contributed by atoms with van der Waals surface area (Å²) < 4.78 is 1.48. The number of carboxylic acids is 1. The molecule has 0 aliphatic carbocycles. The first-order valence-electron chi connectivity index (χ1n) is 5.73. The van der Waals surface area contributed by atoms with Gasteiger partial charge in [-0.3, -0.25) is 4.79 Å². The predicted molar refractivity (Wildman–Crippen MR) is 71.3 cm³/mol.